The number of hydrogen-bond donors (Lipinski definition) is 1. The Morgan fingerprint density at radius 2 is 1.20 bits per heavy atom. The molecule has 0 unspecified atom stereocenters. The minimum absolute atomic E-state index is 0. The first kappa shape index (κ1) is 26.1. The summed E-state index contributed by atoms with van der Waals surface area (Å²) in [4.78, 5) is 1.93. The van der Waals surface area contributed by atoms with E-state index in [1.54, 1.807) is 0 Å². The number of aliphatic hydroxyl groups excluding tert-OH is 1. The summed E-state index contributed by atoms with van der Waals surface area (Å²) in [7, 11) is 3.85. The van der Waals surface area contributed by atoms with Gasteiger partial charge in [0.1, 0.15) is 0 Å². The topological polar surface area (TPSA) is 23.5 Å². The molecule has 0 atom stereocenters. The van der Waals surface area contributed by atoms with Gasteiger partial charge >= 0.3 is 0 Å². The van der Waals surface area contributed by atoms with E-state index in [-0.39, 0.29) is 36.2 Å². The zero-order chi connectivity index (χ0) is 14.8. The maximum atomic E-state index is 8.20. The van der Waals surface area contributed by atoms with Crippen LogP contribution in [0.25, 0.3) is 0 Å². The molecular formula is C16H36ClNNaO. The maximum Gasteiger partial charge on any atom is 0.0558 e. The third kappa shape index (κ3) is 31.5. The van der Waals surface area contributed by atoms with Gasteiger partial charge in [-0.1, -0.05) is 64.7 Å². The molecule has 0 saturated carbocycles. The van der Waals surface area contributed by atoms with Crippen molar-refractivity contribution in [3.8, 4) is 0 Å². The molecule has 1 radical (unpaired) electrons. The fourth-order valence-corrected chi connectivity index (χ4v) is 1.97. The predicted octanol–water partition coefficient (Wildman–Crippen LogP) is 4.31. The molecule has 0 amide bonds. The fourth-order valence-electron chi connectivity index (χ4n) is 1.78. The van der Waals surface area contributed by atoms with Crippen molar-refractivity contribution in [1.82, 2.24) is 4.90 Å². The molecule has 0 spiro atoms. The van der Waals surface area contributed by atoms with Gasteiger partial charge in [0.15, 0.2) is 0 Å². The summed E-state index contributed by atoms with van der Waals surface area (Å²) in [5.74, 6) is 0.844. The first-order chi connectivity index (χ1) is 9.18. The standard InChI is InChI=1S/C12H25Cl.C4H11NO.Na/c1-2-3-4-5-6-7-8-9-10-11-12-13;1-5(2)3-4-6;/h2-12H2,1H3;6H,3-4H2,1-2H3;. The summed E-state index contributed by atoms with van der Waals surface area (Å²) in [5.41, 5.74) is 0. The molecule has 0 bridgehead atoms. The number of aliphatic hydroxyl groups is 1. The maximum absolute atomic E-state index is 8.20. The van der Waals surface area contributed by atoms with Crippen molar-refractivity contribution in [3.05, 3.63) is 0 Å². The number of rotatable bonds is 12. The summed E-state index contributed by atoms with van der Waals surface area (Å²) < 4.78 is 0. The molecule has 0 aliphatic heterocycles. The first-order valence-corrected chi connectivity index (χ1v) is 8.54. The molecule has 0 aromatic heterocycles. The second-order valence-electron chi connectivity index (χ2n) is 5.40. The molecule has 0 heterocycles. The minimum Gasteiger partial charge on any atom is -0.395 e. The summed E-state index contributed by atoms with van der Waals surface area (Å²) >= 11 is 5.60. The summed E-state index contributed by atoms with van der Waals surface area (Å²) in [6, 6.07) is 0. The van der Waals surface area contributed by atoms with E-state index in [0.29, 0.717) is 0 Å². The van der Waals surface area contributed by atoms with Gasteiger partial charge in [0, 0.05) is 42.0 Å². The van der Waals surface area contributed by atoms with Crippen LogP contribution in [0.1, 0.15) is 71.1 Å². The average Bonchev–Trinajstić information content (AvgIpc) is 2.37. The Morgan fingerprint density at radius 1 is 0.800 bits per heavy atom. The van der Waals surface area contributed by atoms with Crippen molar-refractivity contribution in [2.45, 2.75) is 71.1 Å². The van der Waals surface area contributed by atoms with E-state index >= 15 is 0 Å². The van der Waals surface area contributed by atoms with E-state index in [4.69, 9.17) is 16.7 Å². The van der Waals surface area contributed by atoms with Gasteiger partial charge in [-0.2, -0.15) is 0 Å². The Labute approximate surface area is 154 Å². The largest absolute Gasteiger partial charge is 0.395 e. The Balaban J connectivity index is -0.000000352. The van der Waals surface area contributed by atoms with E-state index in [9.17, 15) is 0 Å². The minimum atomic E-state index is 0. The van der Waals surface area contributed by atoms with Gasteiger partial charge in [-0.05, 0) is 20.5 Å². The number of nitrogens with zero attached hydrogens (tertiary/aromatic N) is 1. The molecule has 0 saturated heterocycles. The molecule has 0 aromatic carbocycles. The first-order valence-electron chi connectivity index (χ1n) is 8.00. The molecule has 0 aliphatic carbocycles. The summed E-state index contributed by atoms with van der Waals surface area (Å²) in [6.07, 6.45) is 13.9. The SMILES string of the molecule is CCCCCCCCCCCCCl.CN(C)CCO.[Na]. The number of halogens is 1. The zero-order valence-corrected chi connectivity index (χ0v) is 17.2. The van der Waals surface area contributed by atoms with Crippen molar-refractivity contribution in [3.63, 3.8) is 0 Å². The van der Waals surface area contributed by atoms with Gasteiger partial charge in [-0.15, -0.1) is 11.6 Å². The Kier molecular flexibility index (Phi) is 32.9. The monoisotopic (exact) mass is 316 g/mol. The van der Waals surface area contributed by atoms with Crippen LogP contribution in [0.15, 0.2) is 0 Å². The van der Waals surface area contributed by atoms with Gasteiger partial charge in [0.05, 0.1) is 6.61 Å². The molecule has 0 aliphatic rings. The van der Waals surface area contributed by atoms with Gasteiger partial charge < -0.3 is 10.0 Å². The smallest absolute Gasteiger partial charge is 0.0558 e. The van der Waals surface area contributed by atoms with Crippen LogP contribution in [-0.4, -0.2) is 72.7 Å². The van der Waals surface area contributed by atoms with Gasteiger partial charge in [0.25, 0.3) is 0 Å². The fraction of sp³-hybridized carbons (Fsp3) is 1.00. The quantitative estimate of drug-likeness (QED) is 0.329. The van der Waals surface area contributed by atoms with Crippen molar-refractivity contribution in [2.24, 2.45) is 0 Å². The Bertz CT molecular complexity index is 138. The molecule has 0 fully saturated rings. The second kappa shape index (κ2) is 25.2. The van der Waals surface area contributed by atoms with Gasteiger partial charge in [0.2, 0.25) is 0 Å². The van der Waals surface area contributed by atoms with Crippen LogP contribution in [-0.2, 0) is 0 Å². The van der Waals surface area contributed by atoms with Crippen LogP contribution >= 0.6 is 11.6 Å². The van der Waals surface area contributed by atoms with E-state index in [1.807, 2.05) is 19.0 Å². The van der Waals surface area contributed by atoms with Crippen LogP contribution in [0, 0.1) is 0 Å². The van der Waals surface area contributed by atoms with Crippen LogP contribution in [0.5, 0.6) is 0 Å². The van der Waals surface area contributed by atoms with Crippen molar-refractivity contribution >= 4 is 41.2 Å². The van der Waals surface area contributed by atoms with Crippen molar-refractivity contribution < 1.29 is 5.11 Å². The van der Waals surface area contributed by atoms with Gasteiger partial charge in [-0.3, -0.25) is 0 Å². The van der Waals surface area contributed by atoms with Crippen LogP contribution in [0.2, 0.25) is 0 Å². The molecule has 0 aromatic rings. The number of likely N-dealkylation sites (N-methyl/N-ethyl adjacent to an activating group) is 1. The molecule has 119 valence electrons. The molecule has 20 heavy (non-hydrogen) atoms. The molecule has 1 N–H and O–H groups in total. The summed E-state index contributed by atoms with van der Waals surface area (Å²) in [5, 5.41) is 8.20. The zero-order valence-electron chi connectivity index (χ0n) is 14.5. The third-order valence-corrected chi connectivity index (χ3v) is 3.30. The third-order valence-electron chi connectivity index (χ3n) is 3.03. The second-order valence-corrected chi connectivity index (χ2v) is 5.78. The van der Waals surface area contributed by atoms with Crippen LogP contribution in [0.4, 0.5) is 0 Å². The number of alkyl halides is 1. The van der Waals surface area contributed by atoms with E-state index < -0.39 is 0 Å². The molecule has 2 nitrogen and oxygen atoms in total. The number of unbranched alkanes of at least 4 members (excludes halogenated alkanes) is 9. The number of hydrogen-bond acceptors (Lipinski definition) is 2. The van der Waals surface area contributed by atoms with Gasteiger partial charge in [-0.25, -0.2) is 0 Å². The van der Waals surface area contributed by atoms with Crippen molar-refractivity contribution in [2.75, 3.05) is 33.1 Å². The Hall–Kier alpha value is 1.21. The van der Waals surface area contributed by atoms with Crippen LogP contribution in [0.3, 0.4) is 0 Å². The average molecular weight is 317 g/mol. The van der Waals surface area contributed by atoms with Crippen LogP contribution < -0.4 is 0 Å². The van der Waals surface area contributed by atoms with E-state index in [1.165, 1.54) is 64.2 Å². The molecular weight excluding hydrogens is 281 g/mol. The summed E-state index contributed by atoms with van der Waals surface area (Å²) in [6.45, 7) is 3.29. The van der Waals surface area contributed by atoms with E-state index in [2.05, 4.69) is 6.92 Å². The molecule has 0 rings (SSSR count). The van der Waals surface area contributed by atoms with Crippen molar-refractivity contribution in [1.29, 1.82) is 0 Å². The van der Waals surface area contributed by atoms with E-state index in [0.717, 1.165) is 12.4 Å². The molecule has 4 heteroatoms. The normalized spacial score (nSPS) is 9.90. The predicted molar refractivity (Wildman–Crippen MR) is 94.0 cm³/mol. The Morgan fingerprint density at radius 3 is 1.45 bits per heavy atom.